The maximum atomic E-state index is 5.54. The van der Waals surface area contributed by atoms with Gasteiger partial charge in [-0.15, -0.1) is 11.8 Å². The van der Waals surface area contributed by atoms with Crippen molar-refractivity contribution in [1.82, 2.24) is 5.32 Å². The molecule has 0 saturated carbocycles. The molecule has 0 amide bonds. The number of benzene rings is 1. The lowest BCUT2D eigenvalue weighted by molar-refractivity contribution is 0.174. The van der Waals surface area contributed by atoms with Crippen LogP contribution in [0.15, 0.2) is 29.2 Å². The Labute approximate surface area is 107 Å². The molecule has 1 N–H and O–H groups in total. The normalized spacial score (nSPS) is 29.2. The quantitative estimate of drug-likeness (QED) is 0.889. The van der Waals surface area contributed by atoms with E-state index in [1.54, 1.807) is 0 Å². The summed E-state index contributed by atoms with van der Waals surface area (Å²) in [4.78, 5) is 1.47. The predicted octanol–water partition coefficient (Wildman–Crippen LogP) is 2.50. The van der Waals surface area contributed by atoms with Crippen molar-refractivity contribution in [2.45, 2.75) is 23.3 Å². The van der Waals surface area contributed by atoms with E-state index >= 15 is 0 Å². The zero-order valence-electron chi connectivity index (χ0n) is 10.2. The first-order valence-corrected chi connectivity index (χ1v) is 7.35. The highest BCUT2D eigenvalue weighted by molar-refractivity contribution is 7.99. The molecule has 3 rings (SSSR count). The molecule has 0 spiro atoms. The summed E-state index contributed by atoms with van der Waals surface area (Å²) in [6, 6.07) is 9.41. The second-order valence-corrected chi connectivity index (χ2v) is 5.96. The fraction of sp³-hybridized carbons (Fsp3) is 0.571. The summed E-state index contributed by atoms with van der Waals surface area (Å²) >= 11 is 2.00. The van der Waals surface area contributed by atoms with Crippen molar-refractivity contribution in [1.29, 1.82) is 0 Å². The first-order valence-electron chi connectivity index (χ1n) is 6.37. The molecule has 1 saturated heterocycles. The molecule has 1 aromatic rings. The summed E-state index contributed by atoms with van der Waals surface area (Å²) in [7, 11) is 2.09. The van der Waals surface area contributed by atoms with Crippen LogP contribution in [0.5, 0.6) is 0 Å². The zero-order chi connectivity index (χ0) is 11.7. The molecule has 2 aliphatic heterocycles. The lowest BCUT2D eigenvalue weighted by Gasteiger charge is -2.28. The highest BCUT2D eigenvalue weighted by Crippen LogP contribution is 2.43. The van der Waals surface area contributed by atoms with Crippen molar-refractivity contribution in [3.8, 4) is 0 Å². The number of thioether (sulfide) groups is 1. The van der Waals surface area contributed by atoms with Crippen LogP contribution in [0, 0.1) is 5.92 Å². The Morgan fingerprint density at radius 2 is 2.29 bits per heavy atom. The minimum atomic E-state index is 0.564. The first kappa shape index (κ1) is 11.6. The average molecular weight is 249 g/mol. The van der Waals surface area contributed by atoms with Crippen molar-refractivity contribution in [2.75, 3.05) is 26.0 Å². The Morgan fingerprint density at radius 3 is 3.06 bits per heavy atom. The third-order valence-electron chi connectivity index (χ3n) is 3.98. The van der Waals surface area contributed by atoms with E-state index in [1.807, 2.05) is 11.8 Å². The zero-order valence-corrected chi connectivity index (χ0v) is 11.0. The molecule has 0 radical (unpaired) electrons. The van der Waals surface area contributed by atoms with Crippen LogP contribution in [0.2, 0.25) is 0 Å². The number of ether oxygens (including phenoxy) is 1. The van der Waals surface area contributed by atoms with Crippen LogP contribution in [0.25, 0.3) is 0 Å². The number of hydrogen-bond acceptors (Lipinski definition) is 3. The van der Waals surface area contributed by atoms with Gasteiger partial charge in [0.2, 0.25) is 0 Å². The van der Waals surface area contributed by atoms with Gasteiger partial charge in [0.05, 0.1) is 6.61 Å². The summed E-state index contributed by atoms with van der Waals surface area (Å²) in [6.07, 6.45) is 1.20. The smallest absolute Gasteiger partial charge is 0.0510 e. The van der Waals surface area contributed by atoms with Gasteiger partial charge >= 0.3 is 0 Å². The Morgan fingerprint density at radius 1 is 1.41 bits per heavy atom. The molecule has 3 unspecified atom stereocenters. The second kappa shape index (κ2) is 5.01. The SMILES string of the molecule is CNC(C1CCOC1)C1CSc2ccccc21. The molecule has 2 nitrogen and oxygen atoms in total. The third kappa shape index (κ3) is 2.12. The van der Waals surface area contributed by atoms with Gasteiger partial charge in [0.25, 0.3) is 0 Å². The van der Waals surface area contributed by atoms with Crippen molar-refractivity contribution in [3.05, 3.63) is 29.8 Å². The maximum Gasteiger partial charge on any atom is 0.0510 e. The number of hydrogen-bond donors (Lipinski definition) is 1. The Bertz CT molecular complexity index is 390. The van der Waals surface area contributed by atoms with Gasteiger partial charge in [0.15, 0.2) is 0 Å². The highest BCUT2D eigenvalue weighted by atomic mass is 32.2. The molecule has 3 atom stereocenters. The van der Waals surface area contributed by atoms with Gasteiger partial charge in [-0.25, -0.2) is 0 Å². The standard InChI is InChI=1S/C14H19NOS/c1-15-14(10-6-7-16-8-10)12-9-17-13-5-3-2-4-11(12)13/h2-5,10,12,14-15H,6-9H2,1H3. The molecule has 1 aromatic carbocycles. The highest BCUT2D eigenvalue weighted by Gasteiger charge is 2.35. The molecule has 0 aromatic heterocycles. The van der Waals surface area contributed by atoms with Crippen LogP contribution in [-0.4, -0.2) is 32.1 Å². The summed E-state index contributed by atoms with van der Waals surface area (Å²) in [5.74, 6) is 2.53. The van der Waals surface area contributed by atoms with Crippen LogP contribution in [-0.2, 0) is 4.74 Å². The van der Waals surface area contributed by atoms with E-state index in [4.69, 9.17) is 4.74 Å². The Hall–Kier alpha value is -0.510. The van der Waals surface area contributed by atoms with Crippen molar-refractivity contribution in [3.63, 3.8) is 0 Å². The van der Waals surface area contributed by atoms with Crippen LogP contribution >= 0.6 is 11.8 Å². The van der Waals surface area contributed by atoms with Crippen molar-refractivity contribution >= 4 is 11.8 Å². The molecule has 92 valence electrons. The summed E-state index contributed by atoms with van der Waals surface area (Å²) in [5, 5.41) is 3.53. The van der Waals surface area contributed by atoms with Crippen LogP contribution in [0.1, 0.15) is 17.9 Å². The van der Waals surface area contributed by atoms with Gasteiger partial charge in [0, 0.05) is 35.1 Å². The van der Waals surface area contributed by atoms with E-state index in [0.717, 1.165) is 13.2 Å². The third-order valence-corrected chi connectivity index (χ3v) is 5.19. The second-order valence-electron chi connectivity index (χ2n) is 4.89. The van der Waals surface area contributed by atoms with Gasteiger partial charge < -0.3 is 10.1 Å². The van der Waals surface area contributed by atoms with Gasteiger partial charge in [-0.05, 0) is 25.1 Å². The molecule has 2 aliphatic rings. The minimum absolute atomic E-state index is 0.564. The summed E-state index contributed by atoms with van der Waals surface area (Å²) < 4.78 is 5.54. The lowest BCUT2D eigenvalue weighted by atomic mass is 9.84. The fourth-order valence-electron chi connectivity index (χ4n) is 3.09. The van der Waals surface area contributed by atoms with E-state index in [2.05, 4.69) is 36.6 Å². The van der Waals surface area contributed by atoms with E-state index in [9.17, 15) is 0 Å². The molecule has 0 bridgehead atoms. The molecule has 2 heterocycles. The molecular weight excluding hydrogens is 230 g/mol. The minimum Gasteiger partial charge on any atom is -0.381 e. The van der Waals surface area contributed by atoms with Crippen LogP contribution in [0.4, 0.5) is 0 Å². The van der Waals surface area contributed by atoms with Crippen molar-refractivity contribution in [2.24, 2.45) is 5.92 Å². The van der Waals surface area contributed by atoms with E-state index < -0.39 is 0 Å². The maximum absolute atomic E-state index is 5.54. The van der Waals surface area contributed by atoms with E-state index in [0.29, 0.717) is 17.9 Å². The largest absolute Gasteiger partial charge is 0.381 e. The van der Waals surface area contributed by atoms with Gasteiger partial charge in [-0.2, -0.15) is 0 Å². The monoisotopic (exact) mass is 249 g/mol. The van der Waals surface area contributed by atoms with E-state index in [-0.39, 0.29) is 0 Å². The van der Waals surface area contributed by atoms with Crippen molar-refractivity contribution < 1.29 is 4.74 Å². The van der Waals surface area contributed by atoms with E-state index in [1.165, 1.54) is 22.6 Å². The number of rotatable bonds is 3. The van der Waals surface area contributed by atoms with Gasteiger partial charge in [-0.1, -0.05) is 18.2 Å². The Balaban J connectivity index is 1.84. The number of fused-ring (bicyclic) bond motifs is 1. The first-order chi connectivity index (χ1) is 8.40. The molecular formula is C14H19NOS. The van der Waals surface area contributed by atoms with Crippen LogP contribution in [0.3, 0.4) is 0 Å². The molecule has 1 fully saturated rings. The molecule has 17 heavy (non-hydrogen) atoms. The fourth-order valence-corrected chi connectivity index (χ4v) is 4.39. The Kier molecular flexibility index (Phi) is 3.41. The van der Waals surface area contributed by atoms with Crippen LogP contribution < -0.4 is 5.32 Å². The lowest BCUT2D eigenvalue weighted by Crippen LogP contribution is -2.39. The summed E-state index contributed by atoms with van der Waals surface area (Å²) in [6.45, 7) is 1.86. The molecule has 0 aliphatic carbocycles. The molecule has 3 heteroatoms. The average Bonchev–Trinajstić information content (AvgIpc) is 3.01. The number of likely N-dealkylation sites (N-methyl/N-ethyl adjacent to an activating group) is 1. The van der Waals surface area contributed by atoms with Gasteiger partial charge in [-0.3, -0.25) is 0 Å². The number of nitrogens with one attached hydrogen (secondary N) is 1. The topological polar surface area (TPSA) is 21.3 Å². The van der Waals surface area contributed by atoms with Gasteiger partial charge in [0.1, 0.15) is 0 Å². The summed E-state index contributed by atoms with van der Waals surface area (Å²) in [5.41, 5.74) is 1.53. The predicted molar refractivity (Wildman–Crippen MR) is 71.7 cm³/mol.